The third kappa shape index (κ3) is 2.82. The Balaban J connectivity index is 1.55. The molecule has 0 radical (unpaired) electrons. The lowest BCUT2D eigenvalue weighted by atomic mass is 10.1. The molecule has 1 aliphatic heterocycles. The predicted molar refractivity (Wildman–Crippen MR) is 77.4 cm³/mol. The largest absolute Gasteiger partial charge is 0.339 e. The molecule has 0 saturated carbocycles. The van der Waals surface area contributed by atoms with Gasteiger partial charge in [-0.1, -0.05) is 29.4 Å². The molecule has 1 unspecified atom stereocenters. The molecule has 0 N–H and O–H groups in total. The topological polar surface area (TPSA) is 59.2 Å². The van der Waals surface area contributed by atoms with Gasteiger partial charge >= 0.3 is 0 Å². The number of fused-ring (bicyclic) bond motifs is 1. The number of carbonyl (C=O) groups is 1. The Morgan fingerprint density at radius 2 is 2.24 bits per heavy atom. The average Bonchev–Trinajstić information content (AvgIpc) is 3.03. The Morgan fingerprint density at radius 1 is 1.43 bits per heavy atom. The minimum atomic E-state index is 0.166. The van der Waals surface area contributed by atoms with Gasteiger partial charge in [0.2, 0.25) is 11.8 Å². The second-order valence-electron chi connectivity index (χ2n) is 5.49. The molecule has 0 saturated heterocycles. The van der Waals surface area contributed by atoms with Crippen LogP contribution >= 0.6 is 0 Å². The lowest BCUT2D eigenvalue weighted by Gasteiger charge is -2.21. The molecular weight excluding hydrogens is 266 g/mol. The van der Waals surface area contributed by atoms with E-state index in [1.807, 2.05) is 17.0 Å². The summed E-state index contributed by atoms with van der Waals surface area (Å²) in [6.45, 7) is 4.60. The quantitative estimate of drug-likeness (QED) is 0.866. The molecule has 1 amide bonds. The van der Waals surface area contributed by atoms with Crippen LogP contribution in [-0.4, -0.2) is 20.9 Å². The minimum absolute atomic E-state index is 0.166. The first-order chi connectivity index (χ1) is 10.1. The van der Waals surface area contributed by atoms with E-state index in [4.69, 9.17) is 4.52 Å². The van der Waals surface area contributed by atoms with Crippen LogP contribution in [0.2, 0.25) is 0 Å². The van der Waals surface area contributed by atoms with Crippen molar-refractivity contribution in [3.05, 3.63) is 47.1 Å². The van der Waals surface area contributed by atoms with E-state index in [-0.39, 0.29) is 11.9 Å². The number of aromatic nitrogens is 2. The zero-order chi connectivity index (χ0) is 14.8. The van der Waals surface area contributed by atoms with Crippen molar-refractivity contribution in [2.75, 3.05) is 0 Å². The van der Waals surface area contributed by atoms with Crippen molar-refractivity contribution in [3.63, 3.8) is 0 Å². The third-order valence-corrected chi connectivity index (χ3v) is 3.98. The first-order valence-corrected chi connectivity index (χ1v) is 7.31. The van der Waals surface area contributed by atoms with Gasteiger partial charge in [-0.15, -0.1) is 0 Å². The summed E-state index contributed by atoms with van der Waals surface area (Å²) in [5.74, 6) is 1.44. The Morgan fingerprint density at radius 3 is 2.95 bits per heavy atom. The van der Waals surface area contributed by atoms with Crippen LogP contribution in [0.25, 0.3) is 0 Å². The van der Waals surface area contributed by atoms with Crippen molar-refractivity contribution in [1.82, 2.24) is 15.0 Å². The Hall–Kier alpha value is -2.17. The first-order valence-electron chi connectivity index (χ1n) is 7.31. The van der Waals surface area contributed by atoms with Crippen molar-refractivity contribution in [2.45, 2.75) is 45.7 Å². The van der Waals surface area contributed by atoms with E-state index in [2.05, 4.69) is 29.2 Å². The number of amides is 1. The van der Waals surface area contributed by atoms with Gasteiger partial charge in [-0.3, -0.25) is 4.79 Å². The Labute approximate surface area is 124 Å². The smallest absolute Gasteiger partial charge is 0.226 e. The van der Waals surface area contributed by atoms with Crippen LogP contribution in [0.5, 0.6) is 0 Å². The molecule has 2 heterocycles. The molecule has 21 heavy (non-hydrogen) atoms. The standard InChI is InChI=1S/C16H19N3O2/c1-11-14-7-4-3-6-13(14)10-19(11)16(20)9-5-8-15-17-12(2)18-21-15/h3-4,6-7,11H,5,8-10H2,1-2H3. The number of aryl methyl sites for hydroxylation is 2. The first kappa shape index (κ1) is 13.8. The molecule has 1 aliphatic rings. The lowest BCUT2D eigenvalue weighted by molar-refractivity contribution is -0.133. The average molecular weight is 285 g/mol. The van der Waals surface area contributed by atoms with E-state index in [9.17, 15) is 4.79 Å². The van der Waals surface area contributed by atoms with Gasteiger partial charge in [0.1, 0.15) is 0 Å². The fourth-order valence-corrected chi connectivity index (χ4v) is 2.85. The van der Waals surface area contributed by atoms with Crippen LogP contribution < -0.4 is 0 Å². The highest BCUT2D eigenvalue weighted by Gasteiger charge is 2.29. The Bertz CT molecular complexity index is 650. The number of hydrogen-bond acceptors (Lipinski definition) is 4. The summed E-state index contributed by atoms with van der Waals surface area (Å²) in [5, 5.41) is 3.75. The number of hydrogen-bond donors (Lipinski definition) is 0. The maximum Gasteiger partial charge on any atom is 0.226 e. The summed E-state index contributed by atoms with van der Waals surface area (Å²) in [6, 6.07) is 8.42. The molecule has 5 nitrogen and oxygen atoms in total. The molecule has 0 aliphatic carbocycles. The highest BCUT2D eigenvalue weighted by Crippen LogP contribution is 2.33. The van der Waals surface area contributed by atoms with Crippen molar-refractivity contribution < 1.29 is 9.32 Å². The van der Waals surface area contributed by atoms with Gasteiger partial charge in [0.05, 0.1) is 6.04 Å². The van der Waals surface area contributed by atoms with Gasteiger partial charge in [-0.25, -0.2) is 0 Å². The molecule has 110 valence electrons. The molecule has 0 spiro atoms. The van der Waals surface area contributed by atoms with Crippen LogP contribution in [0.1, 0.15) is 48.6 Å². The zero-order valence-corrected chi connectivity index (χ0v) is 12.4. The van der Waals surface area contributed by atoms with Gasteiger partial charge in [-0.2, -0.15) is 4.98 Å². The third-order valence-electron chi connectivity index (χ3n) is 3.98. The van der Waals surface area contributed by atoms with Crippen LogP contribution in [0.4, 0.5) is 0 Å². The summed E-state index contributed by atoms with van der Waals surface area (Å²) < 4.78 is 5.06. The lowest BCUT2D eigenvalue weighted by Crippen LogP contribution is -2.27. The molecular formula is C16H19N3O2. The van der Waals surface area contributed by atoms with Gasteiger partial charge < -0.3 is 9.42 Å². The van der Waals surface area contributed by atoms with Crippen LogP contribution in [0.3, 0.4) is 0 Å². The van der Waals surface area contributed by atoms with Crippen molar-refractivity contribution in [1.29, 1.82) is 0 Å². The van der Waals surface area contributed by atoms with E-state index in [1.54, 1.807) is 6.92 Å². The molecule has 5 heteroatoms. The number of rotatable bonds is 4. The van der Waals surface area contributed by atoms with Gasteiger partial charge in [0.15, 0.2) is 5.82 Å². The molecule has 2 aromatic rings. The molecule has 3 rings (SSSR count). The van der Waals surface area contributed by atoms with Crippen LogP contribution in [0, 0.1) is 6.92 Å². The van der Waals surface area contributed by atoms with E-state index in [1.165, 1.54) is 11.1 Å². The van der Waals surface area contributed by atoms with E-state index in [0.29, 0.717) is 24.6 Å². The van der Waals surface area contributed by atoms with Crippen molar-refractivity contribution >= 4 is 5.91 Å². The Kier molecular flexibility index (Phi) is 3.73. The monoisotopic (exact) mass is 285 g/mol. The summed E-state index contributed by atoms with van der Waals surface area (Å²) in [5.41, 5.74) is 2.52. The molecule has 1 aromatic carbocycles. The summed E-state index contributed by atoms with van der Waals surface area (Å²) >= 11 is 0. The summed E-state index contributed by atoms with van der Waals surface area (Å²) in [7, 11) is 0. The molecule has 0 fully saturated rings. The minimum Gasteiger partial charge on any atom is -0.339 e. The summed E-state index contributed by atoms with van der Waals surface area (Å²) in [6.07, 6.45) is 1.90. The second kappa shape index (κ2) is 5.68. The maximum atomic E-state index is 12.4. The van der Waals surface area contributed by atoms with Crippen LogP contribution in [0.15, 0.2) is 28.8 Å². The predicted octanol–water partition coefficient (Wildman–Crippen LogP) is 2.80. The zero-order valence-electron chi connectivity index (χ0n) is 12.4. The van der Waals surface area contributed by atoms with E-state index in [0.717, 1.165) is 13.0 Å². The number of benzene rings is 1. The van der Waals surface area contributed by atoms with Crippen LogP contribution in [-0.2, 0) is 17.8 Å². The number of nitrogens with zero attached hydrogens (tertiary/aromatic N) is 3. The highest BCUT2D eigenvalue weighted by atomic mass is 16.5. The number of carbonyl (C=O) groups excluding carboxylic acids is 1. The molecule has 1 atom stereocenters. The second-order valence-corrected chi connectivity index (χ2v) is 5.49. The molecule has 0 bridgehead atoms. The van der Waals surface area contributed by atoms with E-state index < -0.39 is 0 Å². The van der Waals surface area contributed by atoms with Gasteiger partial charge in [0.25, 0.3) is 0 Å². The van der Waals surface area contributed by atoms with Crippen molar-refractivity contribution in [2.24, 2.45) is 0 Å². The maximum absolute atomic E-state index is 12.4. The summed E-state index contributed by atoms with van der Waals surface area (Å²) in [4.78, 5) is 18.5. The van der Waals surface area contributed by atoms with Gasteiger partial charge in [-0.05, 0) is 31.4 Å². The fourth-order valence-electron chi connectivity index (χ4n) is 2.85. The highest BCUT2D eigenvalue weighted by molar-refractivity contribution is 5.77. The normalized spacial score (nSPS) is 17.0. The van der Waals surface area contributed by atoms with E-state index >= 15 is 0 Å². The molecule has 1 aromatic heterocycles. The SMILES string of the molecule is Cc1noc(CCCC(=O)N2Cc3ccccc3C2C)n1. The van der Waals surface area contributed by atoms with Gasteiger partial charge in [0, 0.05) is 19.4 Å². The fraction of sp³-hybridized carbons (Fsp3) is 0.438. The van der Waals surface area contributed by atoms with Crippen molar-refractivity contribution in [3.8, 4) is 0 Å².